The molecule has 1 aromatic rings. The first-order chi connectivity index (χ1) is 14.4. The van der Waals surface area contributed by atoms with Crippen LogP contribution in [-0.4, -0.2) is 74.2 Å². The minimum Gasteiger partial charge on any atom is -0.340 e. The van der Waals surface area contributed by atoms with Gasteiger partial charge in [-0.05, 0) is 56.0 Å². The summed E-state index contributed by atoms with van der Waals surface area (Å²) in [6, 6.07) is 7.23. The van der Waals surface area contributed by atoms with E-state index in [0.717, 1.165) is 37.9 Å². The summed E-state index contributed by atoms with van der Waals surface area (Å²) < 4.78 is 27.5. The maximum atomic E-state index is 13.0. The molecule has 0 bridgehead atoms. The van der Waals surface area contributed by atoms with Gasteiger partial charge in [0.1, 0.15) is 0 Å². The highest BCUT2D eigenvalue weighted by Gasteiger charge is 2.33. The zero-order valence-electron chi connectivity index (χ0n) is 18.1. The molecule has 1 unspecified atom stereocenters. The zero-order valence-corrected chi connectivity index (χ0v) is 18.9. The summed E-state index contributed by atoms with van der Waals surface area (Å²) in [7, 11) is -3.53. The van der Waals surface area contributed by atoms with Crippen molar-refractivity contribution >= 4 is 15.9 Å². The highest BCUT2D eigenvalue weighted by molar-refractivity contribution is 7.89. The molecule has 7 heteroatoms. The van der Waals surface area contributed by atoms with Crippen molar-refractivity contribution in [2.75, 3.05) is 45.8 Å². The average Bonchev–Trinajstić information content (AvgIpc) is 2.79. The van der Waals surface area contributed by atoms with E-state index in [0.29, 0.717) is 43.5 Å². The Kier molecular flexibility index (Phi) is 7.56. The van der Waals surface area contributed by atoms with Gasteiger partial charge in [0.2, 0.25) is 15.9 Å². The maximum Gasteiger partial charge on any atom is 0.243 e. The second-order valence-corrected chi connectivity index (χ2v) is 10.3. The van der Waals surface area contributed by atoms with Crippen molar-refractivity contribution in [2.45, 2.75) is 43.9 Å². The Labute approximate surface area is 181 Å². The van der Waals surface area contributed by atoms with Crippen LogP contribution in [0, 0.1) is 18.3 Å². The first-order valence-electron chi connectivity index (χ1n) is 10.9. The Hall–Kier alpha value is -1.88. The van der Waals surface area contributed by atoms with Crippen LogP contribution in [0.4, 0.5) is 0 Å². The highest BCUT2D eigenvalue weighted by Crippen LogP contribution is 2.24. The van der Waals surface area contributed by atoms with E-state index >= 15 is 0 Å². The topological polar surface area (TPSA) is 60.9 Å². The van der Waals surface area contributed by atoms with Gasteiger partial charge >= 0.3 is 0 Å². The molecule has 1 amide bonds. The summed E-state index contributed by atoms with van der Waals surface area (Å²) >= 11 is 0. The Morgan fingerprint density at radius 1 is 1.10 bits per heavy atom. The van der Waals surface area contributed by atoms with E-state index in [4.69, 9.17) is 6.42 Å². The van der Waals surface area contributed by atoms with E-state index in [9.17, 15) is 13.2 Å². The molecule has 0 aromatic heterocycles. The van der Waals surface area contributed by atoms with Crippen LogP contribution >= 0.6 is 0 Å². The van der Waals surface area contributed by atoms with Gasteiger partial charge < -0.3 is 4.90 Å². The second-order valence-electron chi connectivity index (χ2n) is 8.36. The Bertz CT molecular complexity index is 860. The molecule has 30 heavy (non-hydrogen) atoms. The average molecular weight is 432 g/mol. The van der Waals surface area contributed by atoms with Gasteiger partial charge in [0.15, 0.2) is 0 Å². The molecule has 2 fully saturated rings. The number of carbonyl (C=O) groups is 1. The fourth-order valence-corrected chi connectivity index (χ4v) is 5.65. The van der Waals surface area contributed by atoms with Gasteiger partial charge in [-0.3, -0.25) is 9.69 Å². The number of rotatable bonds is 6. The van der Waals surface area contributed by atoms with Crippen LogP contribution in [0.3, 0.4) is 0 Å². The predicted octanol–water partition coefficient (Wildman–Crippen LogP) is 2.38. The summed E-state index contributed by atoms with van der Waals surface area (Å²) in [4.78, 5) is 17.2. The number of sulfonamides is 1. The molecule has 2 saturated heterocycles. The SMILES string of the molecule is C#CCN1CCC(C(=O)N2CCN(S(=O)(=O)c3ccc(C(C)CC)cc3)CC2)CC1. The summed E-state index contributed by atoms with van der Waals surface area (Å²) in [6.07, 6.45) is 8.03. The predicted molar refractivity (Wildman–Crippen MR) is 118 cm³/mol. The minimum atomic E-state index is -3.53. The third kappa shape index (κ3) is 5.05. The summed E-state index contributed by atoms with van der Waals surface area (Å²) in [5, 5.41) is 0. The third-order valence-corrected chi connectivity index (χ3v) is 8.41. The van der Waals surface area contributed by atoms with Gasteiger partial charge in [-0.25, -0.2) is 8.42 Å². The van der Waals surface area contributed by atoms with Crippen molar-refractivity contribution in [1.29, 1.82) is 0 Å². The van der Waals surface area contributed by atoms with Crippen molar-refractivity contribution in [1.82, 2.24) is 14.1 Å². The van der Waals surface area contributed by atoms with Crippen LogP contribution in [0.1, 0.15) is 44.6 Å². The molecule has 2 aliphatic rings. The number of benzene rings is 1. The molecule has 0 saturated carbocycles. The van der Waals surface area contributed by atoms with Gasteiger partial charge in [0, 0.05) is 32.1 Å². The van der Waals surface area contributed by atoms with Crippen molar-refractivity contribution in [3.8, 4) is 12.3 Å². The quantitative estimate of drug-likeness (QED) is 0.649. The lowest BCUT2D eigenvalue weighted by atomic mass is 9.95. The monoisotopic (exact) mass is 431 g/mol. The number of piperazine rings is 1. The molecule has 0 radical (unpaired) electrons. The largest absolute Gasteiger partial charge is 0.340 e. The molecule has 1 aromatic carbocycles. The van der Waals surface area contributed by atoms with E-state index in [1.54, 1.807) is 12.1 Å². The minimum absolute atomic E-state index is 0.0234. The van der Waals surface area contributed by atoms with Crippen LogP contribution in [0.5, 0.6) is 0 Å². The molecule has 3 rings (SSSR count). The standard InChI is InChI=1S/C23H33N3O3S/c1-4-12-24-13-10-21(11-14-24)23(27)25-15-17-26(18-16-25)30(28,29)22-8-6-20(7-9-22)19(3)5-2/h1,6-9,19,21H,5,10-18H2,2-3H3. The molecule has 0 spiro atoms. The van der Waals surface area contributed by atoms with Crippen LogP contribution in [0.15, 0.2) is 29.2 Å². The zero-order chi connectivity index (χ0) is 21.7. The molecular weight excluding hydrogens is 398 g/mol. The van der Waals surface area contributed by atoms with Gasteiger partial charge in [-0.2, -0.15) is 4.31 Å². The van der Waals surface area contributed by atoms with E-state index in [1.807, 2.05) is 17.0 Å². The lowest BCUT2D eigenvalue weighted by molar-refractivity contribution is -0.138. The van der Waals surface area contributed by atoms with Gasteiger partial charge in [0.05, 0.1) is 11.4 Å². The van der Waals surface area contributed by atoms with Crippen molar-refractivity contribution in [3.05, 3.63) is 29.8 Å². The van der Waals surface area contributed by atoms with Gasteiger partial charge in [-0.1, -0.05) is 31.9 Å². The number of piperidine rings is 1. The number of terminal acetylenes is 1. The first-order valence-corrected chi connectivity index (χ1v) is 12.4. The number of hydrogen-bond donors (Lipinski definition) is 0. The van der Waals surface area contributed by atoms with Crippen LogP contribution < -0.4 is 0 Å². The number of carbonyl (C=O) groups excluding carboxylic acids is 1. The summed E-state index contributed by atoms with van der Waals surface area (Å²) in [5.41, 5.74) is 1.15. The van der Waals surface area contributed by atoms with Crippen LogP contribution in [-0.2, 0) is 14.8 Å². The molecule has 0 N–H and O–H groups in total. The molecule has 0 aliphatic carbocycles. The fourth-order valence-electron chi connectivity index (χ4n) is 4.23. The first kappa shape index (κ1) is 22.8. The molecule has 1 atom stereocenters. The normalized spacial score (nSPS) is 20.6. The maximum absolute atomic E-state index is 13.0. The van der Waals surface area contributed by atoms with Crippen LogP contribution in [0.25, 0.3) is 0 Å². The lowest BCUT2D eigenvalue weighted by Crippen LogP contribution is -2.52. The van der Waals surface area contributed by atoms with Gasteiger partial charge in [-0.15, -0.1) is 6.42 Å². The summed E-state index contributed by atoms with van der Waals surface area (Å²) in [6.45, 7) is 8.18. The molecule has 2 aliphatic heterocycles. The molecular formula is C23H33N3O3S. The van der Waals surface area contributed by atoms with E-state index < -0.39 is 10.0 Å². The number of nitrogens with zero attached hydrogens (tertiary/aromatic N) is 3. The number of hydrogen-bond acceptors (Lipinski definition) is 4. The van der Waals surface area contributed by atoms with Crippen LogP contribution in [0.2, 0.25) is 0 Å². The Morgan fingerprint density at radius 2 is 1.70 bits per heavy atom. The number of likely N-dealkylation sites (tertiary alicyclic amines) is 1. The van der Waals surface area contributed by atoms with E-state index in [1.165, 1.54) is 4.31 Å². The third-order valence-electron chi connectivity index (χ3n) is 6.50. The van der Waals surface area contributed by atoms with Crippen molar-refractivity contribution in [3.63, 3.8) is 0 Å². The van der Waals surface area contributed by atoms with Crippen molar-refractivity contribution < 1.29 is 13.2 Å². The van der Waals surface area contributed by atoms with E-state index in [-0.39, 0.29) is 11.8 Å². The van der Waals surface area contributed by atoms with Crippen molar-refractivity contribution in [2.24, 2.45) is 5.92 Å². The smallest absolute Gasteiger partial charge is 0.243 e. The molecule has 6 nitrogen and oxygen atoms in total. The second kappa shape index (κ2) is 9.95. The summed E-state index contributed by atoms with van der Waals surface area (Å²) in [5.74, 6) is 3.25. The Morgan fingerprint density at radius 3 is 2.23 bits per heavy atom. The fraction of sp³-hybridized carbons (Fsp3) is 0.609. The highest BCUT2D eigenvalue weighted by atomic mass is 32.2. The number of amides is 1. The van der Waals surface area contributed by atoms with Gasteiger partial charge in [0.25, 0.3) is 0 Å². The Balaban J connectivity index is 1.55. The molecule has 2 heterocycles. The molecule has 164 valence electrons. The van der Waals surface area contributed by atoms with E-state index in [2.05, 4.69) is 24.7 Å². The lowest BCUT2D eigenvalue weighted by Gasteiger charge is -2.37.